The predicted octanol–water partition coefficient (Wildman–Crippen LogP) is 2.57. The summed E-state index contributed by atoms with van der Waals surface area (Å²) < 4.78 is 10.5. The number of benzene rings is 1. The minimum absolute atomic E-state index is 0.109. The molecule has 0 radical (unpaired) electrons. The van der Waals surface area contributed by atoms with Gasteiger partial charge in [-0.05, 0) is 18.4 Å². The number of carboxylic acids is 1. The second-order valence-corrected chi connectivity index (χ2v) is 5.74. The van der Waals surface area contributed by atoms with Crippen LogP contribution in [0.3, 0.4) is 0 Å². The number of methoxy groups -OCH3 is 1. The van der Waals surface area contributed by atoms with Gasteiger partial charge in [-0.2, -0.15) is 0 Å². The molecule has 0 heterocycles. The largest absolute Gasteiger partial charge is 0.480 e. The van der Waals surface area contributed by atoms with Gasteiger partial charge in [0.15, 0.2) is 0 Å². The second-order valence-electron chi connectivity index (χ2n) is 5.74. The number of carboxylic acid groups (broad SMARTS) is 1. The average Bonchev–Trinajstić information content (AvgIpc) is 2.58. The van der Waals surface area contributed by atoms with Crippen LogP contribution in [-0.2, 0) is 20.9 Å². The molecule has 1 aromatic carbocycles. The third kappa shape index (κ3) is 4.96. The van der Waals surface area contributed by atoms with Gasteiger partial charge in [0.1, 0.15) is 12.6 Å². The first-order chi connectivity index (χ1) is 11.1. The number of carbonyl (C=O) groups excluding carboxylic acids is 1. The summed E-state index contributed by atoms with van der Waals surface area (Å²) in [5.74, 6) is -1.30. The van der Waals surface area contributed by atoms with E-state index in [0.717, 1.165) is 24.8 Å². The van der Waals surface area contributed by atoms with Gasteiger partial charge in [-0.1, -0.05) is 43.2 Å². The van der Waals surface area contributed by atoms with Crippen LogP contribution in [0, 0.1) is 5.92 Å². The van der Waals surface area contributed by atoms with Crippen molar-refractivity contribution in [2.75, 3.05) is 7.11 Å². The third-order valence-electron chi connectivity index (χ3n) is 4.24. The Labute approximate surface area is 135 Å². The van der Waals surface area contributed by atoms with E-state index in [1.165, 1.54) is 0 Å². The van der Waals surface area contributed by atoms with Gasteiger partial charge in [-0.3, -0.25) is 0 Å². The predicted molar refractivity (Wildman–Crippen MR) is 83.9 cm³/mol. The quantitative estimate of drug-likeness (QED) is 0.841. The van der Waals surface area contributed by atoms with Gasteiger partial charge in [-0.15, -0.1) is 0 Å². The summed E-state index contributed by atoms with van der Waals surface area (Å²) in [7, 11) is 1.58. The molecule has 1 aromatic rings. The maximum Gasteiger partial charge on any atom is 0.408 e. The minimum atomic E-state index is -1.06. The van der Waals surface area contributed by atoms with E-state index >= 15 is 0 Å². The Morgan fingerprint density at radius 2 is 1.96 bits per heavy atom. The number of hydrogen-bond donors (Lipinski definition) is 2. The van der Waals surface area contributed by atoms with Crippen molar-refractivity contribution in [3.8, 4) is 0 Å². The molecule has 23 heavy (non-hydrogen) atoms. The second kappa shape index (κ2) is 8.53. The highest BCUT2D eigenvalue weighted by molar-refractivity contribution is 5.80. The van der Waals surface area contributed by atoms with Gasteiger partial charge in [0.25, 0.3) is 0 Å². The van der Waals surface area contributed by atoms with Crippen molar-refractivity contribution in [3.63, 3.8) is 0 Å². The van der Waals surface area contributed by atoms with Crippen LogP contribution in [0.5, 0.6) is 0 Å². The van der Waals surface area contributed by atoms with Gasteiger partial charge in [0.05, 0.1) is 6.10 Å². The zero-order chi connectivity index (χ0) is 16.7. The first-order valence-corrected chi connectivity index (χ1v) is 7.84. The van der Waals surface area contributed by atoms with Crippen molar-refractivity contribution >= 4 is 12.1 Å². The van der Waals surface area contributed by atoms with E-state index in [4.69, 9.17) is 9.47 Å². The van der Waals surface area contributed by atoms with Gasteiger partial charge < -0.3 is 19.9 Å². The monoisotopic (exact) mass is 321 g/mol. The molecule has 1 aliphatic rings. The van der Waals surface area contributed by atoms with Crippen LogP contribution in [0.15, 0.2) is 30.3 Å². The first kappa shape index (κ1) is 17.3. The fourth-order valence-electron chi connectivity index (χ4n) is 3.04. The van der Waals surface area contributed by atoms with Crippen molar-refractivity contribution in [1.82, 2.24) is 5.32 Å². The molecule has 1 aliphatic carbocycles. The van der Waals surface area contributed by atoms with Crippen molar-refractivity contribution < 1.29 is 24.2 Å². The van der Waals surface area contributed by atoms with Crippen LogP contribution in [0.1, 0.15) is 31.2 Å². The summed E-state index contributed by atoms with van der Waals surface area (Å²) in [6, 6.07) is 8.25. The molecule has 0 spiro atoms. The molecule has 0 bridgehead atoms. The lowest BCUT2D eigenvalue weighted by Gasteiger charge is -2.34. The zero-order valence-corrected chi connectivity index (χ0v) is 13.2. The lowest BCUT2D eigenvalue weighted by Crippen LogP contribution is -2.51. The van der Waals surface area contributed by atoms with E-state index < -0.39 is 18.1 Å². The summed E-state index contributed by atoms with van der Waals surface area (Å²) in [6.07, 6.45) is 2.61. The molecule has 1 saturated carbocycles. The smallest absolute Gasteiger partial charge is 0.408 e. The van der Waals surface area contributed by atoms with Crippen LogP contribution in [0.4, 0.5) is 4.79 Å². The molecule has 6 nitrogen and oxygen atoms in total. The van der Waals surface area contributed by atoms with Crippen molar-refractivity contribution in [3.05, 3.63) is 35.9 Å². The van der Waals surface area contributed by atoms with Crippen LogP contribution >= 0.6 is 0 Å². The standard InChI is InChI=1S/C17H23NO5/c1-22-14-10-6-5-9-13(14)15(16(19)20)18-17(21)23-11-12-7-3-2-4-8-12/h2-4,7-8,13-15H,5-6,9-11H2,1H3,(H,18,21)(H,19,20). The molecular weight excluding hydrogens is 298 g/mol. The van der Waals surface area contributed by atoms with E-state index in [1.54, 1.807) is 7.11 Å². The van der Waals surface area contributed by atoms with E-state index in [0.29, 0.717) is 6.42 Å². The van der Waals surface area contributed by atoms with Crippen LogP contribution in [0.2, 0.25) is 0 Å². The van der Waals surface area contributed by atoms with Gasteiger partial charge in [0.2, 0.25) is 0 Å². The Morgan fingerprint density at radius 3 is 2.61 bits per heavy atom. The molecule has 3 unspecified atom stereocenters. The van der Waals surface area contributed by atoms with E-state index in [9.17, 15) is 14.7 Å². The molecule has 1 fully saturated rings. The van der Waals surface area contributed by atoms with E-state index in [2.05, 4.69) is 5.32 Å². The lowest BCUT2D eigenvalue weighted by molar-refractivity contribution is -0.143. The van der Waals surface area contributed by atoms with Gasteiger partial charge in [0, 0.05) is 13.0 Å². The Hall–Kier alpha value is -2.08. The van der Waals surface area contributed by atoms with Crippen molar-refractivity contribution in [2.45, 2.75) is 44.4 Å². The maximum atomic E-state index is 11.9. The Balaban J connectivity index is 1.93. The number of carbonyl (C=O) groups is 2. The fraction of sp³-hybridized carbons (Fsp3) is 0.529. The van der Waals surface area contributed by atoms with E-state index in [-0.39, 0.29) is 18.6 Å². The minimum Gasteiger partial charge on any atom is -0.480 e. The normalized spacial score (nSPS) is 22.1. The summed E-state index contributed by atoms with van der Waals surface area (Å²) in [4.78, 5) is 23.5. The van der Waals surface area contributed by atoms with Crippen molar-refractivity contribution in [1.29, 1.82) is 0 Å². The number of nitrogens with one attached hydrogen (secondary N) is 1. The molecule has 126 valence electrons. The average molecular weight is 321 g/mol. The highest BCUT2D eigenvalue weighted by Gasteiger charge is 2.37. The first-order valence-electron chi connectivity index (χ1n) is 7.84. The van der Waals surface area contributed by atoms with E-state index in [1.807, 2.05) is 30.3 Å². The Morgan fingerprint density at radius 1 is 1.26 bits per heavy atom. The number of amides is 1. The van der Waals surface area contributed by atoms with Crippen LogP contribution in [-0.4, -0.2) is 36.4 Å². The zero-order valence-electron chi connectivity index (χ0n) is 13.2. The lowest BCUT2D eigenvalue weighted by atomic mass is 9.81. The molecule has 2 rings (SSSR count). The number of hydrogen-bond acceptors (Lipinski definition) is 4. The third-order valence-corrected chi connectivity index (χ3v) is 4.24. The van der Waals surface area contributed by atoms with Crippen LogP contribution < -0.4 is 5.32 Å². The highest BCUT2D eigenvalue weighted by Crippen LogP contribution is 2.29. The van der Waals surface area contributed by atoms with Gasteiger partial charge >= 0.3 is 12.1 Å². The number of alkyl carbamates (subject to hydrolysis) is 1. The van der Waals surface area contributed by atoms with Gasteiger partial charge in [-0.25, -0.2) is 9.59 Å². The highest BCUT2D eigenvalue weighted by atomic mass is 16.5. The number of aliphatic carboxylic acids is 1. The summed E-state index contributed by atoms with van der Waals surface area (Å²) in [6.45, 7) is 0.109. The summed E-state index contributed by atoms with van der Waals surface area (Å²) in [5.41, 5.74) is 0.849. The molecule has 3 atom stereocenters. The molecule has 0 aromatic heterocycles. The number of rotatable bonds is 6. The molecule has 1 amide bonds. The molecule has 0 saturated heterocycles. The number of ether oxygens (including phenoxy) is 2. The Bertz CT molecular complexity index is 519. The molecular formula is C17H23NO5. The molecule has 0 aliphatic heterocycles. The summed E-state index contributed by atoms with van der Waals surface area (Å²) >= 11 is 0. The fourth-order valence-corrected chi connectivity index (χ4v) is 3.04. The Kier molecular flexibility index (Phi) is 6.40. The van der Waals surface area contributed by atoms with Crippen LogP contribution in [0.25, 0.3) is 0 Å². The van der Waals surface area contributed by atoms with Crippen molar-refractivity contribution in [2.24, 2.45) is 5.92 Å². The molecule has 2 N–H and O–H groups in total. The topological polar surface area (TPSA) is 84.9 Å². The molecule has 6 heteroatoms. The SMILES string of the molecule is COC1CCCCC1C(NC(=O)OCc1ccccc1)C(=O)O. The maximum absolute atomic E-state index is 11.9. The summed E-state index contributed by atoms with van der Waals surface area (Å²) in [5, 5.41) is 11.9.